The van der Waals surface area contributed by atoms with E-state index in [9.17, 15) is 4.79 Å². The molecule has 0 amide bonds. The van der Waals surface area contributed by atoms with E-state index in [2.05, 4.69) is 65.0 Å². The van der Waals surface area contributed by atoms with E-state index in [1.165, 1.54) is 51.4 Å². The van der Waals surface area contributed by atoms with Gasteiger partial charge in [0.15, 0.2) is 0 Å². The van der Waals surface area contributed by atoms with Crippen LogP contribution in [0.5, 0.6) is 5.75 Å². The SMILES string of the molecule is COc1ccc2cc([C@@H](C)C(=O)O[C@H]3CC[C@@]4(C)C(=CC[C@H]5[C@@H]6CC[C@H]([C@H](C)CCCC(C)C)[C@@]6(C)CC[C@@H]54)C3)ccc2c1. The molecule has 0 aromatic heterocycles. The lowest BCUT2D eigenvalue weighted by molar-refractivity contribution is -0.153. The van der Waals surface area contributed by atoms with Gasteiger partial charge in [0.1, 0.15) is 11.9 Å². The molecule has 2 aromatic carbocycles. The van der Waals surface area contributed by atoms with Crippen LogP contribution in [0.2, 0.25) is 0 Å². The summed E-state index contributed by atoms with van der Waals surface area (Å²) in [6.07, 6.45) is 16.8. The van der Waals surface area contributed by atoms with Crippen LogP contribution in [0.4, 0.5) is 0 Å². The first-order chi connectivity index (χ1) is 21.0. The Morgan fingerprint density at radius 1 is 0.909 bits per heavy atom. The van der Waals surface area contributed by atoms with Crippen molar-refractivity contribution in [2.24, 2.45) is 46.3 Å². The summed E-state index contributed by atoms with van der Waals surface area (Å²) in [5, 5.41) is 2.24. The lowest BCUT2D eigenvalue weighted by Gasteiger charge is -2.58. The Balaban J connectivity index is 1.09. The van der Waals surface area contributed by atoms with E-state index in [-0.39, 0.29) is 23.4 Å². The molecular formula is C41H58O3. The van der Waals surface area contributed by atoms with Gasteiger partial charge in [0.05, 0.1) is 13.0 Å². The summed E-state index contributed by atoms with van der Waals surface area (Å²) in [4.78, 5) is 13.4. The predicted octanol–water partition coefficient (Wildman–Crippen LogP) is 10.9. The van der Waals surface area contributed by atoms with Gasteiger partial charge in [-0.15, -0.1) is 0 Å². The molecule has 9 atom stereocenters. The molecule has 0 saturated heterocycles. The zero-order chi connectivity index (χ0) is 31.2. The molecule has 240 valence electrons. The number of methoxy groups -OCH3 is 1. The molecule has 3 nitrogen and oxygen atoms in total. The summed E-state index contributed by atoms with van der Waals surface area (Å²) in [7, 11) is 1.69. The largest absolute Gasteiger partial charge is 0.497 e. The van der Waals surface area contributed by atoms with E-state index >= 15 is 0 Å². The highest BCUT2D eigenvalue weighted by Gasteiger charge is 2.59. The molecule has 3 fully saturated rings. The van der Waals surface area contributed by atoms with Crippen molar-refractivity contribution in [2.45, 2.75) is 124 Å². The van der Waals surface area contributed by atoms with Crippen molar-refractivity contribution in [3.63, 3.8) is 0 Å². The number of ether oxygens (including phenoxy) is 2. The molecule has 0 N–H and O–H groups in total. The fourth-order valence-corrected chi connectivity index (χ4v) is 10.8. The van der Waals surface area contributed by atoms with Crippen molar-refractivity contribution in [2.75, 3.05) is 7.11 Å². The van der Waals surface area contributed by atoms with Gasteiger partial charge in [-0.1, -0.05) is 89.8 Å². The number of hydrogen-bond donors (Lipinski definition) is 0. The normalized spacial score (nSPS) is 34.5. The summed E-state index contributed by atoms with van der Waals surface area (Å²) in [6, 6.07) is 12.3. The fraction of sp³-hybridized carbons (Fsp3) is 0.683. The number of rotatable bonds is 9. The molecule has 3 heteroatoms. The van der Waals surface area contributed by atoms with E-state index in [0.717, 1.165) is 76.9 Å². The molecule has 0 heterocycles. The van der Waals surface area contributed by atoms with Crippen molar-refractivity contribution in [1.82, 2.24) is 0 Å². The lowest BCUT2D eigenvalue weighted by Crippen LogP contribution is -2.51. The Morgan fingerprint density at radius 3 is 2.45 bits per heavy atom. The minimum atomic E-state index is -0.279. The third kappa shape index (κ3) is 5.75. The highest BCUT2D eigenvalue weighted by molar-refractivity contribution is 5.86. The van der Waals surface area contributed by atoms with Crippen LogP contribution in [0.15, 0.2) is 48.0 Å². The van der Waals surface area contributed by atoms with Crippen LogP contribution in [0.3, 0.4) is 0 Å². The van der Waals surface area contributed by atoms with Crippen LogP contribution < -0.4 is 4.74 Å². The van der Waals surface area contributed by atoms with Crippen LogP contribution in [-0.2, 0) is 9.53 Å². The number of allylic oxidation sites excluding steroid dienone is 1. The zero-order valence-electron chi connectivity index (χ0n) is 28.7. The zero-order valence-corrected chi connectivity index (χ0v) is 28.7. The number of fused-ring (bicyclic) bond motifs is 6. The Hall–Kier alpha value is -2.29. The fourth-order valence-electron chi connectivity index (χ4n) is 10.8. The Bertz CT molecular complexity index is 1370. The summed E-state index contributed by atoms with van der Waals surface area (Å²) in [5.41, 5.74) is 3.41. The molecular weight excluding hydrogens is 540 g/mol. The second kappa shape index (κ2) is 12.5. The number of esters is 1. The van der Waals surface area contributed by atoms with E-state index in [0.29, 0.717) is 5.41 Å². The Kier molecular flexibility index (Phi) is 8.99. The second-order valence-electron chi connectivity index (χ2n) is 16.3. The minimum absolute atomic E-state index is 0.00180. The van der Waals surface area contributed by atoms with Gasteiger partial charge < -0.3 is 9.47 Å². The molecule has 44 heavy (non-hydrogen) atoms. The van der Waals surface area contributed by atoms with Crippen LogP contribution in [0.1, 0.15) is 124 Å². The van der Waals surface area contributed by atoms with Crippen molar-refractivity contribution in [3.8, 4) is 5.75 Å². The molecule has 0 bridgehead atoms. The smallest absolute Gasteiger partial charge is 0.313 e. The van der Waals surface area contributed by atoms with E-state index in [1.807, 2.05) is 19.1 Å². The molecule has 6 rings (SSSR count). The van der Waals surface area contributed by atoms with Crippen LogP contribution in [-0.4, -0.2) is 19.2 Å². The van der Waals surface area contributed by atoms with Gasteiger partial charge in [0.25, 0.3) is 0 Å². The van der Waals surface area contributed by atoms with Gasteiger partial charge >= 0.3 is 5.97 Å². The number of carbonyl (C=O) groups is 1. The van der Waals surface area contributed by atoms with Gasteiger partial charge in [-0.25, -0.2) is 0 Å². The average Bonchev–Trinajstić information content (AvgIpc) is 3.37. The maximum absolute atomic E-state index is 13.4. The topological polar surface area (TPSA) is 35.5 Å². The summed E-state index contributed by atoms with van der Waals surface area (Å²) in [5.74, 6) is 5.58. The van der Waals surface area contributed by atoms with Crippen molar-refractivity contribution in [3.05, 3.63) is 53.6 Å². The average molecular weight is 599 g/mol. The van der Waals surface area contributed by atoms with Crippen LogP contribution in [0, 0.1) is 46.3 Å². The van der Waals surface area contributed by atoms with Crippen LogP contribution in [0.25, 0.3) is 10.8 Å². The maximum atomic E-state index is 13.4. The summed E-state index contributed by atoms with van der Waals surface area (Å²) < 4.78 is 11.6. The van der Waals surface area contributed by atoms with Gasteiger partial charge in [-0.3, -0.25) is 4.79 Å². The third-order valence-corrected chi connectivity index (χ3v) is 13.5. The lowest BCUT2D eigenvalue weighted by atomic mass is 9.47. The second-order valence-corrected chi connectivity index (χ2v) is 16.3. The highest BCUT2D eigenvalue weighted by Crippen LogP contribution is 2.67. The van der Waals surface area contributed by atoms with Crippen LogP contribution >= 0.6 is 0 Å². The van der Waals surface area contributed by atoms with Crippen molar-refractivity contribution >= 4 is 16.7 Å². The number of benzene rings is 2. The highest BCUT2D eigenvalue weighted by atomic mass is 16.5. The van der Waals surface area contributed by atoms with E-state index < -0.39 is 0 Å². The third-order valence-electron chi connectivity index (χ3n) is 13.5. The van der Waals surface area contributed by atoms with Gasteiger partial charge in [0, 0.05) is 6.42 Å². The molecule has 0 unspecified atom stereocenters. The molecule has 0 aliphatic heterocycles. The van der Waals surface area contributed by atoms with E-state index in [1.54, 1.807) is 12.7 Å². The van der Waals surface area contributed by atoms with Crippen molar-refractivity contribution in [1.29, 1.82) is 0 Å². The number of hydrogen-bond acceptors (Lipinski definition) is 3. The first kappa shape index (κ1) is 31.7. The Labute approximate surface area is 267 Å². The monoisotopic (exact) mass is 598 g/mol. The first-order valence-corrected chi connectivity index (χ1v) is 18.0. The van der Waals surface area contributed by atoms with Gasteiger partial charge in [-0.2, -0.15) is 0 Å². The summed E-state index contributed by atoms with van der Waals surface area (Å²) in [6.45, 7) is 14.6. The van der Waals surface area contributed by atoms with E-state index in [4.69, 9.17) is 9.47 Å². The predicted molar refractivity (Wildman–Crippen MR) is 182 cm³/mol. The maximum Gasteiger partial charge on any atom is 0.313 e. The number of carbonyl (C=O) groups excluding carboxylic acids is 1. The molecule has 4 aliphatic carbocycles. The molecule has 3 saturated carbocycles. The first-order valence-electron chi connectivity index (χ1n) is 18.0. The quantitative estimate of drug-likeness (QED) is 0.213. The molecule has 0 radical (unpaired) electrons. The molecule has 4 aliphatic rings. The van der Waals surface area contributed by atoms with Gasteiger partial charge in [-0.05, 0) is 127 Å². The molecule has 2 aromatic rings. The van der Waals surface area contributed by atoms with Gasteiger partial charge in [0.2, 0.25) is 0 Å². The Morgan fingerprint density at radius 2 is 1.68 bits per heavy atom. The summed E-state index contributed by atoms with van der Waals surface area (Å²) >= 11 is 0. The van der Waals surface area contributed by atoms with Crippen molar-refractivity contribution < 1.29 is 14.3 Å². The molecule has 0 spiro atoms. The standard InChI is InChI=1S/C41H58O3/c1-26(2)9-8-10-27(3)36-17-18-37-35-16-14-32-25-34(19-21-40(32,5)38(35)20-22-41(36,37)6)44-39(42)28(4)29-11-12-31-24-33(43-7)15-13-30(31)23-29/h11-15,23-24,26-28,34-38H,8-10,16-22,25H2,1-7H3/t27-,28-,34+,35+,36-,37+,38+,40+,41-/m1/s1. The minimum Gasteiger partial charge on any atom is -0.497 e.